The Morgan fingerprint density at radius 3 is 0.767 bits per heavy atom. The fourth-order valence-corrected chi connectivity index (χ4v) is 15.4. The molecule has 10 fully saturated rings. The molecule has 0 aromatic carbocycles. The van der Waals surface area contributed by atoms with Gasteiger partial charge in [-0.25, -0.2) is 0 Å². The molecule has 0 saturated carbocycles. The first-order chi connectivity index (χ1) is 54.7. The first-order valence-corrected chi connectivity index (χ1v) is 37.6. The van der Waals surface area contributed by atoms with Crippen LogP contribution in [0.2, 0.25) is 0 Å². The number of amides is 3. The molecule has 0 bridgehead atoms. The maximum Gasteiger partial charge on any atom is 0.217 e. The molecular formula is C66H111N3O47. The first kappa shape index (κ1) is 94.9. The van der Waals surface area contributed by atoms with Crippen LogP contribution in [0.5, 0.6) is 0 Å². The molecule has 10 heterocycles. The van der Waals surface area contributed by atoms with Gasteiger partial charge in [0.05, 0.1) is 64.1 Å². The Balaban J connectivity index is 0.985. The second-order valence-electron chi connectivity index (χ2n) is 30.1. The monoisotopic (exact) mass is 1700 g/mol. The Kier molecular flexibility index (Phi) is 33.2. The lowest BCUT2D eigenvalue weighted by atomic mass is 9.93. The van der Waals surface area contributed by atoms with Crippen LogP contribution in [-0.2, 0) is 104 Å². The van der Waals surface area contributed by atoms with Crippen LogP contribution in [0.15, 0.2) is 0 Å². The molecule has 10 saturated heterocycles. The third-order valence-electron chi connectivity index (χ3n) is 21.9. The topological polar surface area (TPSA) is 768 Å². The van der Waals surface area contributed by atoms with E-state index in [1.165, 1.54) is 27.7 Å². The van der Waals surface area contributed by atoms with E-state index in [0.29, 0.717) is 0 Å². The van der Waals surface area contributed by atoms with E-state index in [9.17, 15) is 142 Å². The molecule has 10 aliphatic rings. The van der Waals surface area contributed by atoms with Crippen LogP contribution in [0, 0.1) is 0 Å². The van der Waals surface area contributed by atoms with Crippen molar-refractivity contribution in [3.8, 4) is 0 Å². The Labute approximate surface area is 659 Å². The molecule has 10 aliphatic heterocycles. The number of aliphatic hydroxyl groups is 25. The highest BCUT2D eigenvalue weighted by molar-refractivity contribution is 5.74. The summed E-state index contributed by atoms with van der Waals surface area (Å²) < 4.78 is 115. The number of hydrogen-bond acceptors (Lipinski definition) is 47. The Bertz CT molecular complexity index is 3100. The predicted octanol–water partition coefficient (Wildman–Crippen LogP) is -18.3. The van der Waals surface area contributed by atoms with Gasteiger partial charge < -0.3 is 234 Å². The van der Waals surface area contributed by atoms with Gasteiger partial charge in [-0.15, -0.1) is 0 Å². The summed E-state index contributed by atoms with van der Waals surface area (Å²) in [5.41, 5.74) is 0. The number of hydrogen-bond donors (Lipinski definition) is 28. The number of carbonyl (C=O) groups excluding carboxylic acids is 3. The highest BCUT2D eigenvalue weighted by Crippen LogP contribution is 2.42. The third-order valence-corrected chi connectivity index (χ3v) is 21.9. The van der Waals surface area contributed by atoms with Crippen molar-refractivity contribution >= 4 is 17.7 Å². The highest BCUT2D eigenvalue weighted by Gasteiger charge is 2.63. The Morgan fingerprint density at radius 1 is 0.224 bits per heavy atom. The molecule has 0 aromatic rings. The lowest BCUT2D eigenvalue weighted by molar-refractivity contribution is -0.404. The maximum atomic E-state index is 13.7. The van der Waals surface area contributed by atoms with Gasteiger partial charge >= 0.3 is 0 Å². The SMILES string of the molecule is CC(=O)N[C@@H]1[C@@H](O[C@@H]2O[C@@H](C)[C@@H](O)[C@@H](O)[C@@H]2O)[C@@H](O[C@@H]2O[C@H](CO)[C@H](O)[C@H](O[C@@H]3O[C@H](CO)[C@@H](O[C@@H]4O[C@H](CO)[C@H](O)[C@H](O[C@@H]5O[C@H](CO)[C@H](O[C@@H]6O[C@H](CO)[C@H](O)[C@H](O)[C@H]6O[C@@H]6O[C@@H](C)[C@@H](O)[C@@H](O)[C@@H]6O)[C@H](O[C@@H]6O[C@@H](C)[C@@H](O)[C@@H](O)[C@@H]6O)[C@H]5NC(C)=O)[C@H]4O)[C@H](O[C@@H]4O[C@@H](C)[C@@H](O)[C@@H](O)[C@@H]4O)[C@H]3NC(C)=O)[C@H]2O)[C@@H](CO)O[C@H]1O. The number of carbonyl (C=O) groups is 3. The van der Waals surface area contributed by atoms with Crippen molar-refractivity contribution in [3.05, 3.63) is 0 Å². The fraction of sp³-hybridized carbons (Fsp3) is 0.955. The zero-order chi connectivity index (χ0) is 85.4. The summed E-state index contributed by atoms with van der Waals surface area (Å²) in [6.45, 7) is 0.820. The molecule has 3 amide bonds. The molecule has 672 valence electrons. The van der Waals surface area contributed by atoms with Gasteiger partial charge in [-0.1, -0.05) is 0 Å². The molecule has 0 unspecified atom stereocenters. The molecule has 0 aliphatic carbocycles. The molecule has 50 nitrogen and oxygen atoms in total. The minimum atomic E-state index is -2.53. The van der Waals surface area contributed by atoms with E-state index in [1.807, 2.05) is 0 Å². The van der Waals surface area contributed by atoms with Gasteiger partial charge in [0, 0.05) is 20.8 Å². The van der Waals surface area contributed by atoms with Crippen molar-refractivity contribution < 1.29 is 232 Å². The van der Waals surface area contributed by atoms with Gasteiger partial charge in [-0.2, -0.15) is 0 Å². The van der Waals surface area contributed by atoms with Crippen LogP contribution in [0.4, 0.5) is 0 Å². The lowest BCUT2D eigenvalue weighted by Crippen LogP contribution is -2.72. The van der Waals surface area contributed by atoms with Gasteiger partial charge in [-0.3, -0.25) is 14.4 Å². The molecule has 10 rings (SSSR count). The van der Waals surface area contributed by atoms with Gasteiger partial charge in [0.15, 0.2) is 62.9 Å². The van der Waals surface area contributed by atoms with Crippen LogP contribution >= 0.6 is 0 Å². The average molecular weight is 1700 g/mol. The summed E-state index contributed by atoms with van der Waals surface area (Å²) in [5, 5.41) is 287. The van der Waals surface area contributed by atoms with Gasteiger partial charge in [0.1, 0.15) is 220 Å². The average Bonchev–Trinajstić information content (AvgIpc) is 0.759. The van der Waals surface area contributed by atoms with Gasteiger partial charge in [0.2, 0.25) is 17.7 Å². The zero-order valence-electron chi connectivity index (χ0n) is 63.3. The highest BCUT2D eigenvalue weighted by atomic mass is 16.8. The quantitative estimate of drug-likeness (QED) is 0.0363. The van der Waals surface area contributed by atoms with Crippen LogP contribution in [0.25, 0.3) is 0 Å². The van der Waals surface area contributed by atoms with Crippen molar-refractivity contribution in [1.29, 1.82) is 0 Å². The van der Waals surface area contributed by atoms with Crippen LogP contribution in [0.1, 0.15) is 48.5 Å². The molecule has 50 heteroatoms. The molecule has 28 N–H and O–H groups in total. The van der Waals surface area contributed by atoms with Gasteiger partial charge in [-0.05, 0) is 27.7 Å². The van der Waals surface area contributed by atoms with E-state index < -0.39 is 364 Å². The summed E-state index contributed by atoms with van der Waals surface area (Å²) in [6.07, 6.45) is -94.8. The molecule has 116 heavy (non-hydrogen) atoms. The predicted molar refractivity (Wildman–Crippen MR) is 359 cm³/mol. The molecular weight excluding hydrogens is 1590 g/mol. The lowest BCUT2D eigenvalue weighted by Gasteiger charge is -2.53. The Hall–Kier alpha value is -3.35. The number of nitrogens with one attached hydrogen (secondary N) is 3. The minimum Gasteiger partial charge on any atom is -0.394 e. The van der Waals surface area contributed by atoms with Gasteiger partial charge in [0.25, 0.3) is 0 Å². The van der Waals surface area contributed by atoms with E-state index >= 15 is 0 Å². The minimum absolute atomic E-state index is 0.843. The smallest absolute Gasteiger partial charge is 0.217 e. The van der Waals surface area contributed by atoms with E-state index in [1.54, 1.807) is 0 Å². The summed E-state index contributed by atoms with van der Waals surface area (Å²) in [5.74, 6) is -2.88. The zero-order valence-corrected chi connectivity index (χ0v) is 63.3. The molecule has 50 atom stereocenters. The van der Waals surface area contributed by atoms with Crippen molar-refractivity contribution in [1.82, 2.24) is 16.0 Å². The normalized spacial score (nSPS) is 51.7. The standard InChI is InChI=1S/C66H111N3O47/c1-14-30(79)37(86)42(91)60(98-14)111-51-27(67-18(5)76)57(97)102-24(11-73)48(51)108-64-46(95)54(35(84)22(9-71)103-64)114-58-28(68-19(6)77)52(112-61-43(92)38(87)31(80)15(2)99-61)49(25(12-74)106-58)109-65-47(96)55(36(85)23(10-72)104-65)115-59-29(69-20(7)78)53(113-62-44(93)39(88)32(81)16(3)100-62)50(26(13-75)107-59)110-66-56(41(90)34(83)21(8-70)105-66)116-63-45(94)40(89)33(82)17(4)101-63/h14-17,21-66,70-75,79-97H,8-13H2,1-7H3,(H,67,76)(H,68,77)(H,69,78)/t14-,15-,16-,17-,21+,22+,23+,24+,25+,26+,27+,28+,29+,30+,31+,32+,33+,34-,35-,36-,37+,38+,39+,40+,41-,42-,43-,44-,45-,46+,47+,48-,49+,50-,51+,52+,53+,54-,55-,56+,57+,58-,59-,60-,61-,62-,63-,64-,65-,66-/m0/s1. The van der Waals surface area contributed by atoms with Crippen molar-refractivity contribution in [3.63, 3.8) is 0 Å². The summed E-state index contributed by atoms with van der Waals surface area (Å²) in [7, 11) is 0. The second-order valence-corrected chi connectivity index (χ2v) is 30.1. The summed E-state index contributed by atoms with van der Waals surface area (Å²) in [6, 6.07) is -5.87. The fourth-order valence-electron chi connectivity index (χ4n) is 15.4. The van der Waals surface area contributed by atoms with E-state index in [2.05, 4.69) is 16.0 Å². The number of rotatable bonds is 27. The molecule has 0 spiro atoms. The molecule has 0 aromatic heterocycles. The maximum absolute atomic E-state index is 13.7. The Morgan fingerprint density at radius 2 is 0.457 bits per heavy atom. The van der Waals surface area contributed by atoms with Crippen LogP contribution in [-0.4, -0.2) is 492 Å². The molecule has 0 radical (unpaired) electrons. The van der Waals surface area contributed by atoms with Crippen molar-refractivity contribution in [2.24, 2.45) is 0 Å². The second kappa shape index (κ2) is 40.5. The summed E-state index contributed by atoms with van der Waals surface area (Å²) in [4.78, 5) is 39.9. The first-order valence-electron chi connectivity index (χ1n) is 37.6. The van der Waals surface area contributed by atoms with Crippen molar-refractivity contribution in [2.45, 2.75) is 355 Å². The van der Waals surface area contributed by atoms with Crippen LogP contribution in [0.3, 0.4) is 0 Å². The van der Waals surface area contributed by atoms with Crippen LogP contribution < -0.4 is 16.0 Å². The third kappa shape index (κ3) is 20.2. The number of ether oxygens (including phenoxy) is 19. The largest absolute Gasteiger partial charge is 0.394 e. The van der Waals surface area contributed by atoms with E-state index in [-0.39, 0.29) is 0 Å². The number of aliphatic hydroxyl groups excluding tert-OH is 25. The van der Waals surface area contributed by atoms with E-state index in [4.69, 9.17) is 90.0 Å². The van der Waals surface area contributed by atoms with E-state index in [0.717, 1.165) is 20.8 Å². The van der Waals surface area contributed by atoms with Crippen molar-refractivity contribution in [2.75, 3.05) is 39.6 Å². The summed E-state index contributed by atoms with van der Waals surface area (Å²) >= 11 is 0.